The Labute approximate surface area is 163 Å². The Kier molecular flexibility index (Phi) is 5.35. The predicted octanol–water partition coefficient (Wildman–Crippen LogP) is 4.98. The molecule has 1 fully saturated rings. The number of halogens is 3. The van der Waals surface area contributed by atoms with Crippen LogP contribution in [0.3, 0.4) is 0 Å². The lowest BCUT2D eigenvalue weighted by Crippen LogP contribution is -2.27. The first-order chi connectivity index (χ1) is 12.8. The fourth-order valence-corrected chi connectivity index (χ4v) is 3.73. The van der Waals surface area contributed by atoms with Crippen LogP contribution in [0.1, 0.15) is 22.3 Å². The number of amides is 1. The van der Waals surface area contributed by atoms with E-state index in [0.29, 0.717) is 16.0 Å². The summed E-state index contributed by atoms with van der Waals surface area (Å²) in [7, 11) is 0. The van der Waals surface area contributed by atoms with Crippen molar-refractivity contribution in [2.45, 2.75) is 12.7 Å². The molecular formula is C19H11F3N2OS2. The van der Waals surface area contributed by atoms with Gasteiger partial charge in [0, 0.05) is 0 Å². The summed E-state index contributed by atoms with van der Waals surface area (Å²) in [6.45, 7) is -0.0285. The van der Waals surface area contributed by atoms with Crippen LogP contribution >= 0.6 is 24.0 Å². The third-order valence-electron chi connectivity index (χ3n) is 3.81. The molecule has 2 aromatic carbocycles. The average Bonchev–Trinajstić information content (AvgIpc) is 2.89. The molecule has 1 heterocycles. The topological polar surface area (TPSA) is 44.1 Å². The van der Waals surface area contributed by atoms with Crippen molar-refractivity contribution >= 4 is 40.3 Å². The van der Waals surface area contributed by atoms with Gasteiger partial charge in [-0.1, -0.05) is 48.2 Å². The van der Waals surface area contributed by atoms with E-state index in [1.54, 1.807) is 30.3 Å². The summed E-state index contributed by atoms with van der Waals surface area (Å²) in [5.41, 5.74) is 0.817. The van der Waals surface area contributed by atoms with Gasteiger partial charge < -0.3 is 0 Å². The van der Waals surface area contributed by atoms with Gasteiger partial charge in [0.05, 0.1) is 28.6 Å². The van der Waals surface area contributed by atoms with Crippen LogP contribution in [0.15, 0.2) is 53.4 Å². The minimum Gasteiger partial charge on any atom is -0.288 e. The number of hydrogen-bond acceptors (Lipinski definition) is 4. The van der Waals surface area contributed by atoms with E-state index in [0.717, 1.165) is 29.5 Å². The summed E-state index contributed by atoms with van der Waals surface area (Å²) in [5.74, 6) is -0.355. The second-order valence-corrected chi connectivity index (χ2v) is 7.38. The van der Waals surface area contributed by atoms with Crippen molar-refractivity contribution < 1.29 is 18.0 Å². The number of thiocarbonyl (C=S) groups is 1. The molecule has 1 amide bonds. The zero-order chi connectivity index (χ0) is 19.6. The third kappa shape index (κ3) is 4.38. The van der Waals surface area contributed by atoms with E-state index in [9.17, 15) is 18.0 Å². The molecule has 8 heteroatoms. The molecule has 0 saturated carbocycles. The molecule has 1 aliphatic rings. The monoisotopic (exact) mass is 404 g/mol. The molecule has 0 spiro atoms. The highest BCUT2D eigenvalue weighted by molar-refractivity contribution is 8.26. The standard InChI is InChI=1S/C19H11F3N2OS2/c20-19(21,22)15-3-1-2-14(8-15)11-24-17(25)16(27-18(24)26)9-12-4-6-13(10-23)7-5-12/h1-9H,11H2/b16-9-. The first kappa shape index (κ1) is 19.1. The quantitative estimate of drug-likeness (QED) is 0.535. The first-order valence-electron chi connectivity index (χ1n) is 7.69. The fourth-order valence-electron chi connectivity index (χ4n) is 2.47. The lowest BCUT2D eigenvalue weighted by atomic mass is 10.1. The molecule has 1 aliphatic heterocycles. The molecule has 27 heavy (non-hydrogen) atoms. The smallest absolute Gasteiger partial charge is 0.288 e. The van der Waals surface area contributed by atoms with E-state index in [1.165, 1.54) is 17.0 Å². The average molecular weight is 404 g/mol. The molecule has 2 aromatic rings. The van der Waals surface area contributed by atoms with Crippen LogP contribution in [0.25, 0.3) is 6.08 Å². The van der Waals surface area contributed by atoms with Gasteiger partial charge in [-0.3, -0.25) is 9.69 Å². The molecule has 1 saturated heterocycles. The van der Waals surface area contributed by atoms with Crippen LogP contribution in [0.4, 0.5) is 13.2 Å². The number of rotatable bonds is 3. The number of alkyl halides is 3. The first-order valence-corrected chi connectivity index (χ1v) is 8.92. The van der Waals surface area contributed by atoms with E-state index in [1.807, 2.05) is 6.07 Å². The molecular weight excluding hydrogens is 393 g/mol. The van der Waals surface area contributed by atoms with E-state index < -0.39 is 11.7 Å². The van der Waals surface area contributed by atoms with Crippen molar-refractivity contribution in [1.82, 2.24) is 4.90 Å². The molecule has 136 valence electrons. The summed E-state index contributed by atoms with van der Waals surface area (Å²) >= 11 is 6.32. The van der Waals surface area contributed by atoms with Crippen molar-refractivity contribution in [2.75, 3.05) is 0 Å². The SMILES string of the molecule is N#Cc1ccc(/C=C2\SC(=S)N(Cc3cccc(C(F)(F)F)c3)C2=O)cc1. The van der Waals surface area contributed by atoms with E-state index in [-0.39, 0.29) is 16.8 Å². The van der Waals surface area contributed by atoms with Gasteiger partial charge in [-0.2, -0.15) is 18.4 Å². The fraction of sp³-hybridized carbons (Fsp3) is 0.105. The van der Waals surface area contributed by atoms with Crippen LogP contribution in [0.5, 0.6) is 0 Å². The van der Waals surface area contributed by atoms with Gasteiger partial charge in [0.1, 0.15) is 4.32 Å². The van der Waals surface area contributed by atoms with Crippen LogP contribution in [-0.2, 0) is 17.5 Å². The number of nitrogens with zero attached hydrogens (tertiary/aromatic N) is 2. The minimum absolute atomic E-state index is 0.0285. The van der Waals surface area contributed by atoms with Crippen LogP contribution in [-0.4, -0.2) is 15.1 Å². The van der Waals surface area contributed by atoms with Gasteiger partial charge >= 0.3 is 6.18 Å². The normalized spacial score (nSPS) is 16.1. The van der Waals surface area contributed by atoms with E-state index in [4.69, 9.17) is 17.5 Å². The van der Waals surface area contributed by atoms with E-state index >= 15 is 0 Å². The van der Waals surface area contributed by atoms with Crippen LogP contribution in [0.2, 0.25) is 0 Å². The molecule has 0 bridgehead atoms. The summed E-state index contributed by atoms with van der Waals surface area (Å²) in [6, 6.07) is 13.5. The Hall–Kier alpha value is -2.63. The summed E-state index contributed by atoms with van der Waals surface area (Å²) < 4.78 is 38.8. The van der Waals surface area contributed by atoms with Gasteiger partial charge in [-0.05, 0) is 41.5 Å². The van der Waals surface area contributed by atoms with Gasteiger partial charge in [-0.25, -0.2) is 0 Å². The van der Waals surface area contributed by atoms with Crippen molar-refractivity contribution in [3.8, 4) is 6.07 Å². The van der Waals surface area contributed by atoms with Gasteiger partial charge in [0.15, 0.2) is 0 Å². The number of hydrogen-bond donors (Lipinski definition) is 0. The number of carbonyl (C=O) groups is 1. The van der Waals surface area contributed by atoms with Crippen molar-refractivity contribution in [3.05, 3.63) is 75.7 Å². The lowest BCUT2D eigenvalue weighted by molar-refractivity contribution is -0.137. The van der Waals surface area contributed by atoms with Crippen molar-refractivity contribution in [1.29, 1.82) is 5.26 Å². The Morgan fingerprint density at radius 2 is 1.89 bits per heavy atom. The van der Waals surface area contributed by atoms with Gasteiger partial charge in [0.25, 0.3) is 5.91 Å². The number of benzene rings is 2. The Morgan fingerprint density at radius 1 is 1.19 bits per heavy atom. The molecule has 0 unspecified atom stereocenters. The number of thioether (sulfide) groups is 1. The molecule has 0 aromatic heterocycles. The largest absolute Gasteiger partial charge is 0.416 e. The number of carbonyl (C=O) groups excluding carboxylic acids is 1. The van der Waals surface area contributed by atoms with Crippen molar-refractivity contribution in [3.63, 3.8) is 0 Å². The zero-order valence-electron chi connectivity index (χ0n) is 13.7. The second-order valence-electron chi connectivity index (χ2n) is 5.70. The number of nitriles is 1. The maximum atomic E-state index is 12.9. The van der Waals surface area contributed by atoms with Gasteiger partial charge in [-0.15, -0.1) is 0 Å². The third-order valence-corrected chi connectivity index (χ3v) is 5.18. The summed E-state index contributed by atoms with van der Waals surface area (Å²) in [4.78, 5) is 14.3. The highest BCUT2D eigenvalue weighted by atomic mass is 32.2. The minimum atomic E-state index is -4.44. The van der Waals surface area contributed by atoms with Gasteiger partial charge in [0.2, 0.25) is 0 Å². The lowest BCUT2D eigenvalue weighted by Gasteiger charge is -2.15. The predicted molar refractivity (Wildman–Crippen MR) is 101 cm³/mol. The molecule has 3 nitrogen and oxygen atoms in total. The Morgan fingerprint density at radius 3 is 2.52 bits per heavy atom. The molecule has 0 N–H and O–H groups in total. The highest BCUT2D eigenvalue weighted by Gasteiger charge is 2.33. The zero-order valence-corrected chi connectivity index (χ0v) is 15.3. The highest BCUT2D eigenvalue weighted by Crippen LogP contribution is 2.34. The molecule has 0 atom stereocenters. The second kappa shape index (κ2) is 7.55. The summed E-state index contributed by atoms with van der Waals surface area (Å²) in [6.07, 6.45) is -2.80. The van der Waals surface area contributed by atoms with Crippen LogP contribution in [0, 0.1) is 11.3 Å². The Balaban J connectivity index is 1.80. The summed E-state index contributed by atoms with van der Waals surface area (Å²) in [5, 5.41) is 8.82. The van der Waals surface area contributed by atoms with Crippen molar-refractivity contribution in [2.24, 2.45) is 0 Å². The molecule has 0 radical (unpaired) electrons. The molecule has 0 aliphatic carbocycles. The van der Waals surface area contributed by atoms with E-state index in [2.05, 4.69) is 0 Å². The maximum absolute atomic E-state index is 12.9. The Bertz CT molecular complexity index is 976. The maximum Gasteiger partial charge on any atom is 0.416 e. The van der Waals surface area contributed by atoms with Crippen LogP contribution < -0.4 is 0 Å². The molecule has 3 rings (SSSR count).